The fourth-order valence-corrected chi connectivity index (χ4v) is 4.01. The summed E-state index contributed by atoms with van der Waals surface area (Å²) in [6.07, 6.45) is 2.64. The Morgan fingerprint density at radius 3 is 2.71 bits per heavy atom. The van der Waals surface area contributed by atoms with Gasteiger partial charge in [-0.3, -0.25) is 14.5 Å². The van der Waals surface area contributed by atoms with E-state index in [4.69, 9.17) is 0 Å². The van der Waals surface area contributed by atoms with E-state index in [1.165, 1.54) is 7.05 Å². The number of aryl methyl sites for hydroxylation is 2. The van der Waals surface area contributed by atoms with Gasteiger partial charge in [0.15, 0.2) is 5.69 Å². The first kappa shape index (κ1) is 19.8. The summed E-state index contributed by atoms with van der Waals surface area (Å²) in [5.41, 5.74) is 2.62. The Bertz CT molecular complexity index is 1170. The molecule has 1 fully saturated rings. The number of halogens is 3. The molecule has 7 nitrogen and oxygen atoms in total. The molecule has 0 unspecified atom stereocenters. The number of alkyl halides is 3. The first-order valence-electron chi connectivity index (χ1n) is 10.1. The van der Waals surface area contributed by atoms with Crippen LogP contribution in [0, 0.1) is 0 Å². The molecule has 2 aliphatic carbocycles. The van der Waals surface area contributed by atoms with Crippen molar-refractivity contribution in [1.82, 2.24) is 29.9 Å². The average Bonchev–Trinajstić information content (AvgIpc) is 3.06. The van der Waals surface area contributed by atoms with Gasteiger partial charge in [-0.05, 0) is 37.8 Å². The van der Waals surface area contributed by atoms with Crippen molar-refractivity contribution in [2.24, 2.45) is 7.05 Å². The van der Waals surface area contributed by atoms with Crippen LogP contribution in [0.5, 0.6) is 0 Å². The summed E-state index contributed by atoms with van der Waals surface area (Å²) in [6.45, 7) is 2.19. The van der Waals surface area contributed by atoms with Crippen LogP contribution in [0.4, 0.5) is 13.2 Å². The summed E-state index contributed by atoms with van der Waals surface area (Å²) in [7, 11) is 1.32. The molecule has 10 heteroatoms. The molecule has 3 heterocycles. The number of pyridine rings is 1. The number of carbonyl (C=O) groups is 1. The van der Waals surface area contributed by atoms with Crippen LogP contribution in [-0.4, -0.2) is 30.5 Å². The lowest BCUT2D eigenvalue weighted by molar-refractivity contribution is -0.141. The Morgan fingerprint density at radius 1 is 1.26 bits per heavy atom. The Morgan fingerprint density at radius 2 is 2.03 bits per heavy atom. The van der Waals surface area contributed by atoms with Crippen LogP contribution in [0.3, 0.4) is 0 Å². The third-order valence-electron chi connectivity index (χ3n) is 6.20. The summed E-state index contributed by atoms with van der Waals surface area (Å²) in [4.78, 5) is 17.1. The molecule has 0 aliphatic heterocycles. The molecule has 0 aromatic carbocycles. The third kappa shape index (κ3) is 3.49. The van der Waals surface area contributed by atoms with Crippen LogP contribution in [0.15, 0.2) is 30.6 Å². The van der Waals surface area contributed by atoms with Crippen molar-refractivity contribution in [3.63, 3.8) is 0 Å². The lowest BCUT2D eigenvalue weighted by Crippen LogP contribution is -2.28. The van der Waals surface area contributed by atoms with E-state index in [9.17, 15) is 18.0 Å². The van der Waals surface area contributed by atoms with Crippen molar-refractivity contribution in [2.45, 2.75) is 50.2 Å². The van der Waals surface area contributed by atoms with Crippen LogP contribution >= 0.6 is 0 Å². The molecule has 0 radical (unpaired) electrons. The maximum atomic E-state index is 12.9. The molecule has 0 bridgehead atoms. The zero-order chi connectivity index (χ0) is 22.0. The third-order valence-corrected chi connectivity index (χ3v) is 6.20. The molecule has 0 spiro atoms. The van der Waals surface area contributed by atoms with E-state index in [-0.39, 0.29) is 17.2 Å². The SMILES string of the molecule is Cn1nc(C(F)(F)F)cc1C(=O)N[C@H]1CCc2nn(-c3ccnc(C4(C)CC4)c3)cc21. The first-order chi connectivity index (χ1) is 14.6. The van der Waals surface area contributed by atoms with Gasteiger partial charge in [-0.25, -0.2) is 4.68 Å². The number of hydrogen-bond acceptors (Lipinski definition) is 4. The molecule has 3 aromatic rings. The zero-order valence-corrected chi connectivity index (χ0v) is 17.1. The van der Waals surface area contributed by atoms with Crippen LogP contribution in [0.2, 0.25) is 0 Å². The van der Waals surface area contributed by atoms with E-state index in [0.29, 0.717) is 12.8 Å². The quantitative estimate of drug-likeness (QED) is 0.688. The topological polar surface area (TPSA) is 77.6 Å². The Balaban J connectivity index is 1.37. The summed E-state index contributed by atoms with van der Waals surface area (Å²) >= 11 is 0. The molecular formula is C21H21F3N6O. The number of aromatic nitrogens is 5. The number of nitrogens with zero attached hydrogens (tertiary/aromatic N) is 5. The highest BCUT2D eigenvalue weighted by molar-refractivity contribution is 5.93. The zero-order valence-electron chi connectivity index (χ0n) is 17.1. The molecule has 3 aromatic heterocycles. The number of hydrogen-bond donors (Lipinski definition) is 1. The first-order valence-corrected chi connectivity index (χ1v) is 10.1. The highest BCUT2D eigenvalue weighted by atomic mass is 19.4. The molecule has 1 amide bonds. The van der Waals surface area contributed by atoms with Crippen molar-refractivity contribution in [3.05, 3.63) is 58.9 Å². The fourth-order valence-electron chi connectivity index (χ4n) is 4.01. The van der Waals surface area contributed by atoms with E-state index >= 15 is 0 Å². The maximum absolute atomic E-state index is 12.9. The van der Waals surface area contributed by atoms with Gasteiger partial charge in [0.1, 0.15) is 5.69 Å². The minimum absolute atomic E-state index is 0.135. The van der Waals surface area contributed by atoms with E-state index < -0.39 is 17.8 Å². The average molecular weight is 430 g/mol. The lowest BCUT2D eigenvalue weighted by Gasteiger charge is -2.13. The Labute approximate surface area is 176 Å². The molecular weight excluding hydrogens is 409 g/mol. The van der Waals surface area contributed by atoms with Crippen molar-refractivity contribution in [2.75, 3.05) is 0 Å². The van der Waals surface area contributed by atoms with E-state index in [1.807, 2.05) is 18.3 Å². The standard InChI is InChI=1S/C21H21F3N6O/c1-20(6-7-20)17-9-12(5-8-25-17)30-11-13-14(3-4-15(13)27-30)26-19(31)16-10-18(21(22,23)24)28-29(16)2/h5,8-11,14H,3-4,6-7H2,1-2H3,(H,26,31)/t14-/m0/s1. The van der Waals surface area contributed by atoms with E-state index in [1.54, 1.807) is 10.9 Å². The summed E-state index contributed by atoms with van der Waals surface area (Å²) in [6, 6.07) is 4.38. The van der Waals surface area contributed by atoms with Crippen LogP contribution < -0.4 is 5.32 Å². The minimum atomic E-state index is -4.60. The normalized spacial score (nSPS) is 19.3. The largest absolute Gasteiger partial charge is 0.435 e. The molecule has 162 valence electrons. The van der Waals surface area contributed by atoms with Crippen LogP contribution in [0.1, 0.15) is 65.4 Å². The van der Waals surface area contributed by atoms with Crippen molar-refractivity contribution in [1.29, 1.82) is 0 Å². The van der Waals surface area contributed by atoms with Crippen molar-refractivity contribution in [3.8, 4) is 5.69 Å². The smallest absolute Gasteiger partial charge is 0.344 e. The lowest BCUT2D eigenvalue weighted by atomic mass is 10.0. The highest BCUT2D eigenvalue weighted by Gasteiger charge is 2.40. The highest BCUT2D eigenvalue weighted by Crippen LogP contribution is 2.46. The van der Waals surface area contributed by atoms with Gasteiger partial charge in [0.05, 0.1) is 17.4 Å². The number of amides is 1. The van der Waals surface area contributed by atoms with Crippen LogP contribution in [0.25, 0.3) is 5.69 Å². The Hall–Kier alpha value is -3.17. The number of carbonyl (C=O) groups excluding carboxylic acids is 1. The number of nitrogens with one attached hydrogen (secondary N) is 1. The van der Waals surface area contributed by atoms with E-state index in [0.717, 1.165) is 46.2 Å². The Kier molecular flexibility index (Phi) is 4.25. The summed E-state index contributed by atoms with van der Waals surface area (Å²) < 4.78 is 41.4. The maximum Gasteiger partial charge on any atom is 0.435 e. The van der Waals surface area contributed by atoms with E-state index in [2.05, 4.69) is 27.4 Å². The summed E-state index contributed by atoms with van der Waals surface area (Å²) in [5.74, 6) is -0.594. The summed E-state index contributed by atoms with van der Waals surface area (Å²) in [5, 5.41) is 10.9. The fraction of sp³-hybridized carbons (Fsp3) is 0.429. The van der Waals surface area contributed by atoms with Crippen LogP contribution in [-0.2, 0) is 25.1 Å². The second kappa shape index (κ2) is 6.66. The van der Waals surface area contributed by atoms with Gasteiger partial charge in [-0.15, -0.1) is 0 Å². The predicted molar refractivity (Wildman–Crippen MR) is 105 cm³/mol. The molecule has 1 atom stereocenters. The monoisotopic (exact) mass is 430 g/mol. The number of fused-ring (bicyclic) bond motifs is 1. The van der Waals surface area contributed by atoms with Gasteiger partial charge in [0.2, 0.25) is 0 Å². The van der Waals surface area contributed by atoms with Gasteiger partial charge in [-0.1, -0.05) is 6.92 Å². The number of rotatable bonds is 4. The molecule has 0 saturated heterocycles. The molecule has 31 heavy (non-hydrogen) atoms. The van der Waals surface area contributed by atoms with Gasteiger partial charge >= 0.3 is 6.18 Å². The second-order valence-electron chi connectivity index (χ2n) is 8.54. The van der Waals surface area contributed by atoms with Crippen molar-refractivity contribution >= 4 is 5.91 Å². The molecule has 1 saturated carbocycles. The minimum Gasteiger partial charge on any atom is -0.344 e. The van der Waals surface area contributed by atoms with Gasteiger partial charge in [-0.2, -0.15) is 23.4 Å². The molecule has 5 rings (SSSR count). The van der Waals surface area contributed by atoms with Gasteiger partial charge < -0.3 is 5.32 Å². The van der Waals surface area contributed by atoms with Gasteiger partial charge in [0, 0.05) is 42.2 Å². The van der Waals surface area contributed by atoms with Crippen molar-refractivity contribution < 1.29 is 18.0 Å². The second-order valence-corrected chi connectivity index (χ2v) is 8.54. The molecule has 1 N–H and O–H groups in total. The molecule has 2 aliphatic rings. The van der Waals surface area contributed by atoms with Gasteiger partial charge in [0.25, 0.3) is 5.91 Å². The predicted octanol–water partition coefficient (Wildman–Crippen LogP) is 3.49.